The van der Waals surface area contributed by atoms with E-state index in [1.807, 2.05) is 31.2 Å². The molecule has 1 aromatic carbocycles. The number of aromatic nitrogens is 2. The molecule has 2 rings (SSSR count). The van der Waals surface area contributed by atoms with Crippen LogP contribution in [0.4, 0.5) is 0 Å². The second-order valence-electron chi connectivity index (χ2n) is 4.07. The van der Waals surface area contributed by atoms with Crippen LogP contribution >= 0.6 is 0 Å². The molecule has 0 radical (unpaired) electrons. The summed E-state index contributed by atoms with van der Waals surface area (Å²) in [5.74, 6) is -0.0259. The summed E-state index contributed by atoms with van der Waals surface area (Å²) < 4.78 is 0. The Labute approximate surface area is 100 Å². The Morgan fingerprint density at radius 2 is 2.18 bits per heavy atom. The first-order valence-electron chi connectivity index (χ1n) is 5.47. The van der Waals surface area contributed by atoms with Gasteiger partial charge in [0.1, 0.15) is 0 Å². The minimum Gasteiger partial charge on any atom is -0.337 e. The number of aromatic amines is 1. The maximum Gasteiger partial charge on any atom is 0.257 e. The van der Waals surface area contributed by atoms with Crippen LogP contribution in [0.5, 0.6) is 0 Å². The molecule has 0 aliphatic rings. The number of hydrogen-bond donors (Lipinski definition) is 1. The van der Waals surface area contributed by atoms with Crippen LogP contribution < -0.4 is 0 Å². The topological polar surface area (TPSA) is 49.0 Å². The Balaban J connectivity index is 2.10. The number of H-pyrrole nitrogens is 1. The third kappa shape index (κ3) is 2.53. The highest BCUT2D eigenvalue weighted by Gasteiger charge is 2.13. The minimum atomic E-state index is -0.0259. The zero-order chi connectivity index (χ0) is 12.3. The molecule has 0 bridgehead atoms. The van der Waals surface area contributed by atoms with Gasteiger partial charge in [0.15, 0.2) is 0 Å². The molecule has 0 spiro atoms. The number of nitrogens with one attached hydrogen (secondary N) is 1. The van der Waals surface area contributed by atoms with Crippen molar-refractivity contribution >= 4 is 5.91 Å². The summed E-state index contributed by atoms with van der Waals surface area (Å²) >= 11 is 0. The summed E-state index contributed by atoms with van der Waals surface area (Å²) in [6.07, 6.45) is 3.15. The van der Waals surface area contributed by atoms with Crippen molar-refractivity contribution < 1.29 is 4.79 Å². The van der Waals surface area contributed by atoms with Gasteiger partial charge in [-0.1, -0.05) is 24.3 Å². The number of rotatable bonds is 3. The van der Waals surface area contributed by atoms with Crippen LogP contribution in [-0.4, -0.2) is 28.1 Å². The first kappa shape index (κ1) is 11.4. The molecule has 0 saturated heterocycles. The molecule has 0 unspecified atom stereocenters. The van der Waals surface area contributed by atoms with Gasteiger partial charge in [0.25, 0.3) is 5.91 Å². The van der Waals surface area contributed by atoms with Crippen molar-refractivity contribution in [3.05, 3.63) is 53.3 Å². The maximum absolute atomic E-state index is 12.0. The Morgan fingerprint density at radius 3 is 2.82 bits per heavy atom. The molecule has 1 aromatic heterocycles. The number of nitrogens with zero attached hydrogens (tertiary/aromatic N) is 2. The summed E-state index contributed by atoms with van der Waals surface area (Å²) in [4.78, 5) is 13.7. The lowest BCUT2D eigenvalue weighted by Crippen LogP contribution is -2.26. The van der Waals surface area contributed by atoms with Crippen molar-refractivity contribution in [2.75, 3.05) is 7.05 Å². The van der Waals surface area contributed by atoms with Gasteiger partial charge in [-0.15, -0.1) is 0 Å². The Morgan fingerprint density at radius 1 is 1.41 bits per heavy atom. The van der Waals surface area contributed by atoms with Crippen molar-refractivity contribution in [2.45, 2.75) is 13.5 Å². The van der Waals surface area contributed by atoms with Crippen molar-refractivity contribution in [1.29, 1.82) is 0 Å². The Hall–Kier alpha value is -2.10. The molecule has 88 valence electrons. The van der Waals surface area contributed by atoms with Gasteiger partial charge in [-0.25, -0.2) is 0 Å². The molecule has 17 heavy (non-hydrogen) atoms. The van der Waals surface area contributed by atoms with Gasteiger partial charge in [-0.05, 0) is 18.1 Å². The molecule has 1 N–H and O–H groups in total. The fourth-order valence-electron chi connectivity index (χ4n) is 1.70. The highest BCUT2D eigenvalue weighted by atomic mass is 16.2. The molecule has 1 amide bonds. The van der Waals surface area contributed by atoms with E-state index >= 15 is 0 Å². The van der Waals surface area contributed by atoms with Crippen LogP contribution in [0.25, 0.3) is 0 Å². The van der Waals surface area contributed by atoms with Crippen LogP contribution in [0.1, 0.15) is 21.5 Å². The fraction of sp³-hybridized carbons (Fsp3) is 0.231. The second-order valence-corrected chi connectivity index (χ2v) is 4.07. The summed E-state index contributed by atoms with van der Waals surface area (Å²) in [5.41, 5.74) is 2.94. The van der Waals surface area contributed by atoms with E-state index in [-0.39, 0.29) is 5.91 Å². The van der Waals surface area contributed by atoms with Gasteiger partial charge >= 0.3 is 0 Å². The predicted molar refractivity (Wildman–Crippen MR) is 65.6 cm³/mol. The SMILES string of the molecule is Cc1ccccc1CN(C)C(=O)c1cn[nH]c1. The molecule has 0 aliphatic heterocycles. The first-order chi connectivity index (χ1) is 8.18. The summed E-state index contributed by atoms with van der Waals surface area (Å²) in [6.45, 7) is 2.65. The molecule has 0 saturated carbocycles. The zero-order valence-corrected chi connectivity index (χ0v) is 9.97. The second kappa shape index (κ2) is 4.82. The van der Waals surface area contributed by atoms with Crippen LogP contribution in [0.15, 0.2) is 36.7 Å². The normalized spacial score (nSPS) is 10.2. The van der Waals surface area contributed by atoms with Crippen LogP contribution in [0.3, 0.4) is 0 Å². The average molecular weight is 229 g/mol. The van der Waals surface area contributed by atoms with E-state index in [9.17, 15) is 4.79 Å². The highest BCUT2D eigenvalue weighted by molar-refractivity contribution is 5.93. The molecule has 1 heterocycles. The molecular weight excluding hydrogens is 214 g/mol. The minimum absolute atomic E-state index is 0.0259. The quantitative estimate of drug-likeness (QED) is 0.875. The van der Waals surface area contributed by atoms with Gasteiger partial charge in [-0.3, -0.25) is 9.89 Å². The first-order valence-corrected chi connectivity index (χ1v) is 5.47. The molecular formula is C13H15N3O. The van der Waals surface area contributed by atoms with Crippen molar-refractivity contribution in [1.82, 2.24) is 15.1 Å². The van der Waals surface area contributed by atoms with Gasteiger partial charge in [-0.2, -0.15) is 5.10 Å². The molecule has 4 nitrogen and oxygen atoms in total. The van der Waals surface area contributed by atoms with Crippen LogP contribution in [-0.2, 0) is 6.54 Å². The summed E-state index contributed by atoms with van der Waals surface area (Å²) in [5, 5.41) is 6.42. The van der Waals surface area contributed by atoms with Gasteiger partial charge in [0, 0.05) is 19.8 Å². The lowest BCUT2D eigenvalue weighted by atomic mass is 10.1. The smallest absolute Gasteiger partial charge is 0.257 e. The molecule has 0 fully saturated rings. The summed E-state index contributed by atoms with van der Waals surface area (Å²) in [7, 11) is 1.79. The van der Waals surface area contributed by atoms with Gasteiger partial charge in [0.2, 0.25) is 0 Å². The number of carbonyl (C=O) groups is 1. The third-order valence-electron chi connectivity index (χ3n) is 2.76. The van der Waals surface area contributed by atoms with Crippen molar-refractivity contribution in [3.63, 3.8) is 0 Å². The number of aryl methyl sites for hydroxylation is 1. The molecule has 0 atom stereocenters. The largest absolute Gasteiger partial charge is 0.337 e. The Bertz CT molecular complexity index is 505. The summed E-state index contributed by atoms with van der Waals surface area (Å²) in [6, 6.07) is 8.06. The Kier molecular flexibility index (Phi) is 3.23. The van der Waals surface area contributed by atoms with E-state index in [4.69, 9.17) is 0 Å². The van der Waals surface area contributed by atoms with Gasteiger partial charge < -0.3 is 4.90 Å². The van der Waals surface area contributed by atoms with E-state index in [2.05, 4.69) is 10.2 Å². The van der Waals surface area contributed by atoms with Gasteiger partial charge in [0.05, 0.1) is 11.8 Å². The number of hydrogen-bond acceptors (Lipinski definition) is 2. The highest BCUT2D eigenvalue weighted by Crippen LogP contribution is 2.11. The van der Waals surface area contributed by atoms with E-state index in [1.165, 1.54) is 11.8 Å². The maximum atomic E-state index is 12.0. The standard InChI is InChI=1S/C13H15N3O/c1-10-5-3-4-6-11(10)9-16(2)13(17)12-7-14-15-8-12/h3-8H,9H2,1-2H3,(H,14,15). The average Bonchev–Trinajstić information content (AvgIpc) is 2.84. The van der Waals surface area contributed by atoms with E-state index in [0.717, 1.165) is 5.56 Å². The fourth-order valence-corrected chi connectivity index (χ4v) is 1.70. The lowest BCUT2D eigenvalue weighted by Gasteiger charge is -2.17. The molecule has 4 heteroatoms. The zero-order valence-electron chi connectivity index (χ0n) is 9.97. The molecule has 2 aromatic rings. The van der Waals surface area contributed by atoms with Crippen molar-refractivity contribution in [2.24, 2.45) is 0 Å². The monoisotopic (exact) mass is 229 g/mol. The van der Waals surface area contributed by atoms with E-state index < -0.39 is 0 Å². The van der Waals surface area contributed by atoms with Crippen LogP contribution in [0, 0.1) is 6.92 Å². The third-order valence-corrected chi connectivity index (χ3v) is 2.76. The lowest BCUT2D eigenvalue weighted by molar-refractivity contribution is 0.0785. The van der Waals surface area contributed by atoms with Crippen LogP contribution in [0.2, 0.25) is 0 Å². The van der Waals surface area contributed by atoms with Crippen molar-refractivity contribution in [3.8, 4) is 0 Å². The number of benzene rings is 1. The number of carbonyl (C=O) groups excluding carboxylic acids is 1. The van der Waals surface area contributed by atoms with E-state index in [1.54, 1.807) is 18.1 Å². The molecule has 0 aliphatic carbocycles. The number of amides is 1. The predicted octanol–water partition coefficient (Wildman–Crippen LogP) is 1.99. The van der Waals surface area contributed by atoms with E-state index in [0.29, 0.717) is 12.1 Å².